The van der Waals surface area contributed by atoms with Crippen molar-refractivity contribution in [2.45, 2.75) is 6.92 Å². The van der Waals surface area contributed by atoms with Crippen molar-refractivity contribution in [1.29, 1.82) is 0 Å². The first-order valence-corrected chi connectivity index (χ1v) is 3.73. The van der Waals surface area contributed by atoms with Gasteiger partial charge >= 0.3 is 0 Å². The fourth-order valence-electron chi connectivity index (χ4n) is 0.245. The van der Waals surface area contributed by atoms with Crippen LogP contribution in [0.25, 0.3) is 0 Å². The van der Waals surface area contributed by atoms with Crippen LogP contribution in [-0.4, -0.2) is 8.42 Å². The summed E-state index contributed by atoms with van der Waals surface area (Å²) in [4.78, 5) is 0. The summed E-state index contributed by atoms with van der Waals surface area (Å²) < 4.78 is 20.8. The molecule has 2 nitrogen and oxygen atoms in total. The van der Waals surface area contributed by atoms with Crippen LogP contribution in [0.1, 0.15) is 6.92 Å². The molecule has 0 aliphatic heterocycles. The van der Waals surface area contributed by atoms with Crippen LogP contribution in [0.3, 0.4) is 0 Å². The van der Waals surface area contributed by atoms with Gasteiger partial charge in [-0.05, 0) is 6.92 Å². The van der Waals surface area contributed by atoms with Crippen LogP contribution >= 0.6 is 0 Å². The molecule has 0 amide bonds. The number of hydrogen-bond acceptors (Lipinski definition) is 2. The lowest BCUT2D eigenvalue weighted by molar-refractivity contribution is 0.612. The van der Waals surface area contributed by atoms with Gasteiger partial charge in [-0.15, -0.1) is 0 Å². The van der Waals surface area contributed by atoms with Crippen molar-refractivity contribution < 1.29 is 8.42 Å². The normalized spacial score (nSPS) is 12.1. The molecule has 3 heteroatoms. The summed E-state index contributed by atoms with van der Waals surface area (Å²) in [5.41, 5.74) is 0. The second-order valence-electron chi connectivity index (χ2n) is 1.23. The second-order valence-corrected chi connectivity index (χ2v) is 3.01. The van der Waals surface area contributed by atoms with Crippen molar-refractivity contribution in [3.63, 3.8) is 0 Å². The quantitative estimate of drug-likeness (QED) is 0.563. The minimum absolute atomic E-state index is 0.910. The zero-order chi connectivity index (χ0) is 6.62. The Morgan fingerprint density at radius 2 is 2.00 bits per heavy atom. The van der Waals surface area contributed by atoms with Gasteiger partial charge in [0.15, 0.2) is 9.84 Å². The smallest absolute Gasteiger partial charge is 0.192 e. The average molecular weight is 132 g/mol. The lowest BCUT2D eigenvalue weighted by Gasteiger charge is -1.80. The third kappa shape index (κ3) is 2.58. The van der Waals surface area contributed by atoms with E-state index in [0.29, 0.717) is 0 Å². The summed E-state index contributed by atoms with van der Waals surface area (Å²) in [6.45, 7) is 4.75. The standard InChI is InChI=1S/C5H8O2S/c1-3-5-8(6,7)4-2/h3-5H,2H2,1H3. The first-order chi connectivity index (χ1) is 3.62. The minimum Gasteiger partial charge on any atom is -0.220 e. The molecular formula is C5H8O2S. The molecule has 0 rings (SSSR count). The maximum absolute atomic E-state index is 10.4. The van der Waals surface area contributed by atoms with Crippen molar-refractivity contribution in [1.82, 2.24) is 0 Å². The highest BCUT2D eigenvalue weighted by molar-refractivity contribution is 7.97. The van der Waals surface area contributed by atoms with Gasteiger partial charge in [0.2, 0.25) is 0 Å². The van der Waals surface area contributed by atoms with E-state index in [9.17, 15) is 8.42 Å². The Morgan fingerprint density at radius 1 is 1.50 bits per heavy atom. The monoisotopic (exact) mass is 132 g/mol. The van der Waals surface area contributed by atoms with E-state index in [1.165, 1.54) is 6.08 Å². The molecule has 46 valence electrons. The highest BCUT2D eigenvalue weighted by Gasteiger charge is 1.92. The largest absolute Gasteiger partial charge is 0.220 e. The molecule has 0 aliphatic carbocycles. The van der Waals surface area contributed by atoms with Crippen LogP contribution in [0, 0.1) is 0 Å². The first-order valence-electron chi connectivity index (χ1n) is 2.12. The predicted octanol–water partition coefficient (Wildman–Crippen LogP) is 1.08. The summed E-state index contributed by atoms with van der Waals surface area (Å²) in [6.07, 6.45) is 1.46. The highest BCUT2D eigenvalue weighted by atomic mass is 32.2. The molecule has 0 atom stereocenters. The molecule has 8 heavy (non-hydrogen) atoms. The summed E-state index contributed by atoms with van der Waals surface area (Å²) in [6, 6.07) is 0. The van der Waals surface area contributed by atoms with Crippen molar-refractivity contribution in [3.05, 3.63) is 23.5 Å². The zero-order valence-corrected chi connectivity index (χ0v) is 5.48. The van der Waals surface area contributed by atoms with Gasteiger partial charge in [-0.2, -0.15) is 0 Å². The highest BCUT2D eigenvalue weighted by Crippen LogP contribution is 1.90. The van der Waals surface area contributed by atoms with E-state index in [1.54, 1.807) is 6.92 Å². The third-order valence-corrected chi connectivity index (χ3v) is 1.67. The van der Waals surface area contributed by atoms with Crippen LogP contribution in [0.5, 0.6) is 0 Å². The molecule has 0 aromatic rings. The summed E-state index contributed by atoms with van der Waals surface area (Å²) >= 11 is 0. The Balaban J connectivity index is 4.41. The molecule has 0 radical (unpaired) electrons. The molecule has 0 aromatic heterocycles. The predicted molar refractivity (Wildman–Crippen MR) is 33.9 cm³/mol. The van der Waals surface area contributed by atoms with E-state index in [4.69, 9.17) is 0 Å². The van der Waals surface area contributed by atoms with Gasteiger partial charge in [-0.1, -0.05) is 12.7 Å². The molecule has 0 fully saturated rings. The van der Waals surface area contributed by atoms with E-state index in [1.807, 2.05) is 0 Å². The molecule has 0 heterocycles. The fourth-order valence-corrected chi connectivity index (χ4v) is 0.736. The van der Waals surface area contributed by atoms with Crippen LogP contribution < -0.4 is 0 Å². The Labute approximate surface area is 49.4 Å². The number of allylic oxidation sites excluding steroid dienone is 1. The lowest BCUT2D eigenvalue weighted by atomic mass is 10.8. The average Bonchev–Trinajstić information content (AvgIpc) is 1.67. The molecule has 0 spiro atoms. The number of hydrogen-bond donors (Lipinski definition) is 0. The maximum atomic E-state index is 10.4. The molecule has 0 saturated carbocycles. The Bertz CT molecular complexity index is 186. The SMILES string of the molecule is C=CS(=O)(=O)C=CC. The van der Waals surface area contributed by atoms with Crippen molar-refractivity contribution in [3.8, 4) is 0 Å². The van der Waals surface area contributed by atoms with Crippen LogP contribution in [0.2, 0.25) is 0 Å². The van der Waals surface area contributed by atoms with Gasteiger partial charge in [-0.25, -0.2) is 8.42 Å². The Kier molecular flexibility index (Phi) is 2.48. The first kappa shape index (κ1) is 7.43. The summed E-state index contributed by atoms with van der Waals surface area (Å²) in [5, 5.41) is 2.01. The molecule has 0 bridgehead atoms. The van der Waals surface area contributed by atoms with Gasteiger partial charge < -0.3 is 0 Å². The number of rotatable bonds is 2. The molecular weight excluding hydrogens is 124 g/mol. The van der Waals surface area contributed by atoms with Gasteiger partial charge in [0.25, 0.3) is 0 Å². The van der Waals surface area contributed by atoms with E-state index in [2.05, 4.69) is 6.58 Å². The third-order valence-electron chi connectivity index (χ3n) is 0.558. The van der Waals surface area contributed by atoms with Crippen molar-refractivity contribution in [2.24, 2.45) is 0 Å². The van der Waals surface area contributed by atoms with E-state index in [0.717, 1.165) is 10.8 Å². The minimum atomic E-state index is -3.09. The van der Waals surface area contributed by atoms with E-state index < -0.39 is 9.84 Å². The van der Waals surface area contributed by atoms with E-state index >= 15 is 0 Å². The van der Waals surface area contributed by atoms with Gasteiger partial charge in [0, 0.05) is 10.8 Å². The molecule has 0 aromatic carbocycles. The van der Waals surface area contributed by atoms with Gasteiger partial charge in [-0.3, -0.25) is 0 Å². The lowest BCUT2D eigenvalue weighted by Crippen LogP contribution is -1.84. The van der Waals surface area contributed by atoms with Crippen molar-refractivity contribution >= 4 is 9.84 Å². The summed E-state index contributed by atoms with van der Waals surface area (Å²) in [5.74, 6) is 0. The molecule has 0 aliphatic rings. The number of sulfone groups is 1. The second kappa shape index (κ2) is 2.67. The van der Waals surface area contributed by atoms with Gasteiger partial charge in [0.1, 0.15) is 0 Å². The van der Waals surface area contributed by atoms with Crippen molar-refractivity contribution in [2.75, 3.05) is 0 Å². The van der Waals surface area contributed by atoms with Crippen LogP contribution in [-0.2, 0) is 9.84 Å². The van der Waals surface area contributed by atoms with Gasteiger partial charge in [0.05, 0.1) is 0 Å². The topological polar surface area (TPSA) is 34.1 Å². The molecule has 0 saturated heterocycles. The molecule has 0 N–H and O–H groups in total. The Hall–Kier alpha value is -0.570. The van der Waals surface area contributed by atoms with Crippen LogP contribution in [0.4, 0.5) is 0 Å². The fraction of sp³-hybridized carbons (Fsp3) is 0.200. The maximum Gasteiger partial charge on any atom is 0.192 e. The zero-order valence-electron chi connectivity index (χ0n) is 4.66. The Morgan fingerprint density at radius 3 is 2.12 bits per heavy atom. The molecule has 0 unspecified atom stereocenters. The summed E-state index contributed by atoms with van der Waals surface area (Å²) in [7, 11) is -3.09. The van der Waals surface area contributed by atoms with Crippen LogP contribution in [0.15, 0.2) is 23.5 Å². The van der Waals surface area contributed by atoms with E-state index in [-0.39, 0.29) is 0 Å².